The third-order valence-corrected chi connectivity index (χ3v) is 7.23. The van der Waals surface area contributed by atoms with Crippen LogP contribution in [0.4, 0.5) is 0 Å². The molecular weight excluding hydrogens is 436 g/mol. The molecule has 2 aliphatic heterocycles. The zero-order valence-corrected chi connectivity index (χ0v) is 21.0. The zero-order valence-electron chi connectivity index (χ0n) is 21.0. The number of rotatable bonds is 7. The molecule has 3 unspecified atom stereocenters. The first kappa shape index (κ1) is 23.3. The molecular formula is C28H34N6O. The van der Waals surface area contributed by atoms with Crippen molar-refractivity contribution in [3.63, 3.8) is 0 Å². The lowest BCUT2D eigenvalue weighted by Crippen LogP contribution is -2.39. The predicted molar refractivity (Wildman–Crippen MR) is 139 cm³/mol. The van der Waals surface area contributed by atoms with Gasteiger partial charge in [0.15, 0.2) is 5.66 Å². The number of unbranched alkanes of at least 4 members (excludes halogenated alkanes) is 1. The summed E-state index contributed by atoms with van der Waals surface area (Å²) in [6, 6.07) is 17.1. The Bertz CT molecular complexity index is 1330. The highest BCUT2D eigenvalue weighted by atomic mass is 16.1. The van der Waals surface area contributed by atoms with Crippen LogP contribution in [-0.4, -0.2) is 9.36 Å². The molecule has 5 rings (SSSR count). The molecule has 0 radical (unpaired) electrons. The third-order valence-electron chi connectivity index (χ3n) is 7.23. The summed E-state index contributed by atoms with van der Waals surface area (Å²) in [6.07, 6.45) is 8.11. The van der Waals surface area contributed by atoms with Crippen LogP contribution in [0.15, 0.2) is 75.8 Å². The normalized spacial score (nSPS) is 22.9. The standard InChI is InChI=1S/C28H34N6O/c1-5-6-11-26-24(27(35)34-20(3)13-12-19(2)33(26)34)18-21-14-16-22(17-15-21)23-9-7-8-10-25(23)28(4)29-31-32-30-28/h7-10,12-17,19-20H,5-6,11,18H2,1-4H3,(H,29,32)(H,30,31). The largest absolute Gasteiger partial charge is 0.279 e. The second-order valence-electron chi connectivity index (χ2n) is 9.82. The number of hydrogen-bond donors (Lipinski definition) is 2. The van der Waals surface area contributed by atoms with E-state index in [4.69, 9.17) is 0 Å². The second kappa shape index (κ2) is 9.30. The van der Waals surface area contributed by atoms with Crippen molar-refractivity contribution in [2.75, 3.05) is 0 Å². The maximum absolute atomic E-state index is 13.5. The van der Waals surface area contributed by atoms with E-state index in [9.17, 15) is 4.79 Å². The lowest BCUT2D eigenvalue weighted by molar-refractivity contribution is 0.371. The van der Waals surface area contributed by atoms with Crippen molar-refractivity contribution >= 4 is 0 Å². The first-order chi connectivity index (χ1) is 16.9. The highest BCUT2D eigenvalue weighted by Crippen LogP contribution is 2.34. The summed E-state index contributed by atoms with van der Waals surface area (Å²) in [5.41, 5.74) is 11.9. The van der Waals surface area contributed by atoms with Crippen molar-refractivity contribution < 1.29 is 0 Å². The van der Waals surface area contributed by atoms with Gasteiger partial charge < -0.3 is 0 Å². The number of allylic oxidation sites excluding steroid dienone is 2. The molecule has 7 nitrogen and oxygen atoms in total. The Kier molecular flexibility index (Phi) is 6.19. The monoisotopic (exact) mass is 470 g/mol. The van der Waals surface area contributed by atoms with Gasteiger partial charge in [0.25, 0.3) is 5.56 Å². The number of aromatic nitrogens is 2. The molecule has 2 aliphatic rings. The van der Waals surface area contributed by atoms with E-state index >= 15 is 0 Å². The number of nitrogens with one attached hydrogen (secondary N) is 2. The average Bonchev–Trinajstić information content (AvgIpc) is 3.43. The summed E-state index contributed by atoms with van der Waals surface area (Å²) in [7, 11) is 0. The fraction of sp³-hybridized carbons (Fsp3) is 0.393. The van der Waals surface area contributed by atoms with Crippen LogP contribution >= 0.6 is 0 Å². The van der Waals surface area contributed by atoms with Crippen LogP contribution in [0.5, 0.6) is 0 Å². The number of hydrazine groups is 1. The highest BCUT2D eigenvalue weighted by Gasteiger charge is 2.32. The molecule has 0 aliphatic carbocycles. The van der Waals surface area contributed by atoms with Gasteiger partial charge in [-0.2, -0.15) is 5.43 Å². The molecule has 0 spiro atoms. The molecule has 35 heavy (non-hydrogen) atoms. The SMILES string of the molecule is CCCCc1c(Cc2ccc(-c3ccccc3C3(C)N=NNN3)cc2)c(=O)n2n1C(C)C=CC2C. The fourth-order valence-electron chi connectivity index (χ4n) is 5.29. The molecule has 0 saturated carbocycles. The van der Waals surface area contributed by atoms with E-state index < -0.39 is 5.66 Å². The van der Waals surface area contributed by atoms with Gasteiger partial charge in [0.1, 0.15) is 0 Å². The Morgan fingerprint density at radius 1 is 1.00 bits per heavy atom. The van der Waals surface area contributed by atoms with E-state index in [1.165, 1.54) is 5.69 Å². The molecule has 0 amide bonds. The first-order valence-electron chi connectivity index (χ1n) is 12.6. The molecule has 3 atom stereocenters. The Labute approximate surface area is 206 Å². The van der Waals surface area contributed by atoms with Crippen molar-refractivity contribution in [3.8, 4) is 11.1 Å². The van der Waals surface area contributed by atoms with Crippen molar-refractivity contribution in [2.45, 2.75) is 71.1 Å². The van der Waals surface area contributed by atoms with E-state index in [0.717, 1.165) is 47.1 Å². The smallest absolute Gasteiger partial charge is 0.271 e. The van der Waals surface area contributed by atoms with E-state index in [-0.39, 0.29) is 17.6 Å². The van der Waals surface area contributed by atoms with Crippen LogP contribution in [0.3, 0.4) is 0 Å². The summed E-state index contributed by atoms with van der Waals surface area (Å²) in [5.74, 6) is 0. The summed E-state index contributed by atoms with van der Waals surface area (Å²) in [5, 5.41) is 8.25. The van der Waals surface area contributed by atoms with Crippen LogP contribution in [0.1, 0.15) is 75.0 Å². The van der Waals surface area contributed by atoms with Gasteiger partial charge >= 0.3 is 0 Å². The Hall–Kier alpha value is -3.45. The molecule has 182 valence electrons. The topological polar surface area (TPSA) is 75.7 Å². The van der Waals surface area contributed by atoms with Gasteiger partial charge in [-0.3, -0.25) is 9.48 Å². The molecule has 7 heteroatoms. The lowest BCUT2D eigenvalue weighted by Gasteiger charge is -2.26. The molecule has 2 aromatic carbocycles. The molecule has 0 bridgehead atoms. The van der Waals surface area contributed by atoms with Crippen LogP contribution < -0.4 is 16.5 Å². The Balaban J connectivity index is 1.49. The zero-order chi connectivity index (χ0) is 24.6. The summed E-state index contributed by atoms with van der Waals surface area (Å²) in [6.45, 7) is 8.46. The predicted octanol–water partition coefficient (Wildman–Crippen LogP) is 5.59. The number of hydrogen-bond acceptors (Lipinski definition) is 5. The first-order valence-corrected chi connectivity index (χ1v) is 12.6. The maximum atomic E-state index is 13.5. The van der Waals surface area contributed by atoms with Crippen molar-refractivity contribution in [3.05, 3.63) is 93.4 Å². The minimum Gasteiger partial charge on any atom is -0.279 e. The van der Waals surface area contributed by atoms with Gasteiger partial charge in [0.05, 0.1) is 12.1 Å². The summed E-state index contributed by atoms with van der Waals surface area (Å²) < 4.78 is 4.19. The lowest BCUT2D eigenvalue weighted by atomic mass is 9.91. The Morgan fingerprint density at radius 2 is 1.71 bits per heavy atom. The van der Waals surface area contributed by atoms with Gasteiger partial charge in [-0.15, -0.1) is 5.11 Å². The molecule has 3 heterocycles. The fourth-order valence-corrected chi connectivity index (χ4v) is 5.29. The molecule has 0 fully saturated rings. The van der Waals surface area contributed by atoms with E-state index in [2.05, 4.69) is 95.3 Å². The average molecular weight is 471 g/mol. The van der Waals surface area contributed by atoms with Gasteiger partial charge in [0.2, 0.25) is 0 Å². The van der Waals surface area contributed by atoms with Crippen molar-refractivity contribution in [1.82, 2.24) is 20.3 Å². The molecule has 3 aromatic rings. The van der Waals surface area contributed by atoms with Crippen molar-refractivity contribution in [1.29, 1.82) is 0 Å². The van der Waals surface area contributed by atoms with Crippen molar-refractivity contribution in [2.24, 2.45) is 10.3 Å². The minimum absolute atomic E-state index is 0.0731. The van der Waals surface area contributed by atoms with Gasteiger partial charge in [-0.25, -0.2) is 10.2 Å². The maximum Gasteiger partial charge on any atom is 0.271 e. The number of fused-ring (bicyclic) bond motifs is 1. The van der Waals surface area contributed by atoms with E-state index in [1.807, 2.05) is 23.7 Å². The molecule has 2 N–H and O–H groups in total. The van der Waals surface area contributed by atoms with Crippen LogP contribution in [-0.2, 0) is 18.5 Å². The van der Waals surface area contributed by atoms with Crippen LogP contribution in [0.2, 0.25) is 0 Å². The van der Waals surface area contributed by atoms with Gasteiger partial charge in [0, 0.05) is 23.2 Å². The Morgan fingerprint density at radius 3 is 2.40 bits per heavy atom. The van der Waals surface area contributed by atoms with E-state index in [0.29, 0.717) is 6.42 Å². The second-order valence-corrected chi connectivity index (χ2v) is 9.82. The van der Waals surface area contributed by atoms with Gasteiger partial charge in [-0.1, -0.05) is 79.3 Å². The van der Waals surface area contributed by atoms with E-state index in [1.54, 1.807) is 0 Å². The number of benzene rings is 2. The summed E-state index contributed by atoms with van der Waals surface area (Å²) in [4.78, 5) is 13.5. The summed E-state index contributed by atoms with van der Waals surface area (Å²) >= 11 is 0. The minimum atomic E-state index is -0.620. The number of nitrogens with zero attached hydrogens (tertiary/aromatic N) is 4. The molecule has 0 saturated heterocycles. The highest BCUT2D eigenvalue weighted by molar-refractivity contribution is 5.69. The quantitative estimate of drug-likeness (QED) is 0.442. The third kappa shape index (κ3) is 4.14. The van der Waals surface area contributed by atoms with Crippen LogP contribution in [0, 0.1) is 0 Å². The molecule has 1 aromatic heterocycles. The van der Waals surface area contributed by atoms with Gasteiger partial charge in [-0.05, 0) is 50.3 Å². The van der Waals surface area contributed by atoms with Crippen LogP contribution in [0.25, 0.3) is 11.1 Å².